The summed E-state index contributed by atoms with van der Waals surface area (Å²) in [6.07, 6.45) is 3.99. The fraction of sp³-hybridized carbons (Fsp3) is 0.857. The molecule has 106 valence electrons. The first-order valence-corrected chi connectivity index (χ1v) is 6.76. The molecule has 0 unspecified atom stereocenters. The van der Waals surface area contributed by atoms with Gasteiger partial charge in [0.15, 0.2) is 5.78 Å². The van der Waals surface area contributed by atoms with E-state index in [0.29, 0.717) is 12.8 Å². The number of carbonyl (C=O) groups is 2. The molecule has 0 amide bonds. The first kappa shape index (κ1) is 17.3. The van der Waals surface area contributed by atoms with Crippen LogP contribution in [0, 0.1) is 5.92 Å². The number of nitrogens with two attached hydrogens (primary N) is 1. The second kappa shape index (κ2) is 8.38. The number of nitrogens with one attached hydrogen (secondary N) is 1. The van der Waals surface area contributed by atoms with E-state index in [9.17, 15) is 9.59 Å². The van der Waals surface area contributed by atoms with Crippen molar-refractivity contribution >= 4 is 11.6 Å². The first-order chi connectivity index (χ1) is 8.29. The third-order valence-electron chi connectivity index (χ3n) is 3.24. The molecule has 4 heteroatoms. The van der Waals surface area contributed by atoms with E-state index < -0.39 is 5.54 Å². The SMILES string of the molecule is CNCCCC[C@H](CCC(=O)C(C)(C)N)C(C)=O. The van der Waals surface area contributed by atoms with Crippen LogP contribution >= 0.6 is 0 Å². The highest BCUT2D eigenvalue weighted by molar-refractivity contribution is 5.88. The molecule has 0 aromatic rings. The molecule has 0 saturated carbocycles. The first-order valence-electron chi connectivity index (χ1n) is 6.76. The number of carbonyl (C=O) groups excluding carboxylic acids is 2. The minimum Gasteiger partial charge on any atom is -0.320 e. The van der Waals surface area contributed by atoms with Crippen molar-refractivity contribution in [2.75, 3.05) is 13.6 Å². The number of ketones is 2. The predicted octanol–water partition coefficient (Wildman–Crippen LogP) is 1.67. The summed E-state index contributed by atoms with van der Waals surface area (Å²) in [5.41, 5.74) is 4.95. The zero-order valence-electron chi connectivity index (χ0n) is 12.2. The van der Waals surface area contributed by atoms with Crippen LogP contribution < -0.4 is 11.1 Å². The fourth-order valence-electron chi connectivity index (χ4n) is 1.87. The summed E-state index contributed by atoms with van der Waals surface area (Å²) >= 11 is 0. The second-order valence-corrected chi connectivity index (χ2v) is 5.59. The molecule has 4 nitrogen and oxygen atoms in total. The highest BCUT2D eigenvalue weighted by atomic mass is 16.1. The molecule has 0 saturated heterocycles. The van der Waals surface area contributed by atoms with Gasteiger partial charge in [-0.05, 0) is 53.6 Å². The molecule has 18 heavy (non-hydrogen) atoms. The maximum absolute atomic E-state index is 11.7. The van der Waals surface area contributed by atoms with Crippen LogP contribution in [0.4, 0.5) is 0 Å². The highest BCUT2D eigenvalue weighted by Gasteiger charge is 2.23. The lowest BCUT2D eigenvalue weighted by molar-refractivity contribution is -0.124. The highest BCUT2D eigenvalue weighted by Crippen LogP contribution is 2.18. The Morgan fingerprint density at radius 1 is 1.22 bits per heavy atom. The summed E-state index contributed by atoms with van der Waals surface area (Å²) < 4.78 is 0. The van der Waals surface area contributed by atoms with E-state index in [1.807, 2.05) is 7.05 Å². The molecule has 0 bridgehead atoms. The average Bonchev–Trinajstić information content (AvgIpc) is 2.25. The van der Waals surface area contributed by atoms with Gasteiger partial charge in [-0.3, -0.25) is 9.59 Å². The summed E-state index contributed by atoms with van der Waals surface area (Å²) in [4.78, 5) is 23.2. The van der Waals surface area contributed by atoms with E-state index in [1.165, 1.54) is 0 Å². The third-order valence-corrected chi connectivity index (χ3v) is 3.24. The van der Waals surface area contributed by atoms with E-state index in [2.05, 4.69) is 5.32 Å². The molecule has 0 aromatic carbocycles. The fourth-order valence-corrected chi connectivity index (χ4v) is 1.87. The number of unbranched alkanes of at least 4 members (excludes halogenated alkanes) is 1. The van der Waals surface area contributed by atoms with Gasteiger partial charge in [-0.2, -0.15) is 0 Å². The topological polar surface area (TPSA) is 72.2 Å². The maximum atomic E-state index is 11.7. The van der Waals surface area contributed by atoms with Gasteiger partial charge >= 0.3 is 0 Å². The standard InChI is InChI=1S/C14H28N2O2/c1-11(17)12(7-5-6-10-16-4)8-9-13(18)14(2,3)15/h12,16H,5-10,15H2,1-4H3/t12-/m1/s1. The van der Waals surface area contributed by atoms with E-state index in [1.54, 1.807) is 20.8 Å². The molecule has 0 aliphatic rings. The molecule has 0 aliphatic heterocycles. The molecule has 0 fully saturated rings. The van der Waals surface area contributed by atoms with Gasteiger partial charge in [-0.1, -0.05) is 6.42 Å². The molecule has 0 heterocycles. The molecule has 0 rings (SSSR count). The zero-order chi connectivity index (χ0) is 14.2. The summed E-state index contributed by atoms with van der Waals surface area (Å²) in [6.45, 7) is 6.01. The number of rotatable bonds is 10. The second-order valence-electron chi connectivity index (χ2n) is 5.59. The van der Waals surface area contributed by atoms with Crippen molar-refractivity contribution in [1.82, 2.24) is 5.32 Å². The molecule has 3 N–H and O–H groups in total. The van der Waals surface area contributed by atoms with Gasteiger partial charge in [0, 0.05) is 12.3 Å². The van der Waals surface area contributed by atoms with E-state index in [-0.39, 0.29) is 17.5 Å². The third kappa shape index (κ3) is 7.56. The Kier molecular flexibility index (Phi) is 8.03. The van der Waals surface area contributed by atoms with Crippen LogP contribution in [-0.4, -0.2) is 30.7 Å². The zero-order valence-corrected chi connectivity index (χ0v) is 12.2. The van der Waals surface area contributed by atoms with Gasteiger partial charge < -0.3 is 11.1 Å². The maximum Gasteiger partial charge on any atom is 0.152 e. The lowest BCUT2D eigenvalue weighted by Crippen LogP contribution is -2.41. The van der Waals surface area contributed by atoms with Gasteiger partial charge in [-0.25, -0.2) is 0 Å². The summed E-state index contributed by atoms with van der Waals surface area (Å²) in [7, 11) is 1.92. The van der Waals surface area contributed by atoms with Crippen LogP contribution in [0.3, 0.4) is 0 Å². The Bertz CT molecular complexity index is 269. The Balaban J connectivity index is 4.05. The van der Waals surface area contributed by atoms with Crippen molar-refractivity contribution in [3.63, 3.8) is 0 Å². The Morgan fingerprint density at radius 3 is 2.28 bits per heavy atom. The van der Waals surface area contributed by atoms with Crippen LogP contribution in [0.5, 0.6) is 0 Å². The minimum absolute atomic E-state index is 0.00755. The molecular weight excluding hydrogens is 228 g/mol. The minimum atomic E-state index is -0.784. The van der Waals surface area contributed by atoms with Crippen molar-refractivity contribution in [3.8, 4) is 0 Å². The number of hydrogen-bond acceptors (Lipinski definition) is 4. The lowest BCUT2D eigenvalue weighted by atomic mass is 9.88. The van der Waals surface area contributed by atoms with Crippen LogP contribution in [-0.2, 0) is 9.59 Å². The van der Waals surface area contributed by atoms with Gasteiger partial charge in [0.05, 0.1) is 5.54 Å². The lowest BCUT2D eigenvalue weighted by Gasteiger charge is -2.19. The summed E-state index contributed by atoms with van der Waals surface area (Å²) in [5.74, 6) is 0.221. The molecular formula is C14H28N2O2. The van der Waals surface area contributed by atoms with Crippen molar-refractivity contribution < 1.29 is 9.59 Å². The molecule has 1 atom stereocenters. The van der Waals surface area contributed by atoms with Crippen LogP contribution in [0.15, 0.2) is 0 Å². The van der Waals surface area contributed by atoms with E-state index in [4.69, 9.17) is 5.73 Å². The van der Waals surface area contributed by atoms with Crippen LogP contribution in [0.25, 0.3) is 0 Å². The van der Waals surface area contributed by atoms with Crippen molar-refractivity contribution in [2.45, 2.75) is 58.4 Å². The smallest absolute Gasteiger partial charge is 0.152 e. The Morgan fingerprint density at radius 2 is 1.83 bits per heavy atom. The quantitative estimate of drug-likeness (QED) is 0.583. The normalized spacial score (nSPS) is 13.4. The van der Waals surface area contributed by atoms with Gasteiger partial charge in [0.1, 0.15) is 5.78 Å². The van der Waals surface area contributed by atoms with Crippen LogP contribution in [0.2, 0.25) is 0 Å². The summed E-state index contributed by atoms with van der Waals surface area (Å²) in [6, 6.07) is 0. The van der Waals surface area contributed by atoms with Gasteiger partial charge in [0.25, 0.3) is 0 Å². The Labute approximate surface area is 111 Å². The van der Waals surface area contributed by atoms with E-state index >= 15 is 0 Å². The van der Waals surface area contributed by atoms with E-state index in [0.717, 1.165) is 25.8 Å². The van der Waals surface area contributed by atoms with Crippen LogP contribution in [0.1, 0.15) is 52.9 Å². The molecule has 0 spiro atoms. The van der Waals surface area contributed by atoms with Crippen molar-refractivity contribution in [2.24, 2.45) is 11.7 Å². The monoisotopic (exact) mass is 256 g/mol. The van der Waals surface area contributed by atoms with Crippen molar-refractivity contribution in [3.05, 3.63) is 0 Å². The van der Waals surface area contributed by atoms with Crippen molar-refractivity contribution in [1.29, 1.82) is 0 Å². The average molecular weight is 256 g/mol. The van der Waals surface area contributed by atoms with Gasteiger partial charge in [0.2, 0.25) is 0 Å². The predicted molar refractivity (Wildman–Crippen MR) is 74.5 cm³/mol. The molecule has 0 aliphatic carbocycles. The largest absolute Gasteiger partial charge is 0.320 e. The summed E-state index contributed by atoms with van der Waals surface area (Å²) in [5, 5.41) is 3.09. The van der Waals surface area contributed by atoms with Gasteiger partial charge in [-0.15, -0.1) is 0 Å². The Hall–Kier alpha value is -0.740. The molecule has 0 radical (unpaired) electrons. The number of hydrogen-bond donors (Lipinski definition) is 2. The molecule has 0 aromatic heterocycles. The number of Topliss-reactive ketones (excluding diaryl/α,β-unsaturated/α-hetero) is 2.